The summed E-state index contributed by atoms with van der Waals surface area (Å²) in [7, 11) is -7.32. The minimum Gasteiger partial charge on any atom is -0.251 e. The lowest BCUT2D eigenvalue weighted by Gasteiger charge is -2.23. The highest BCUT2D eigenvalue weighted by Gasteiger charge is 2.38. The van der Waals surface area contributed by atoms with E-state index in [0.717, 1.165) is 11.1 Å². The Morgan fingerprint density at radius 2 is 1.14 bits per heavy atom. The lowest BCUT2D eigenvalue weighted by atomic mass is 10.2. The van der Waals surface area contributed by atoms with Crippen LogP contribution in [0.15, 0.2) is 64.4 Å². The van der Waals surface area contributed by atoms with E-state index in [2.05, 4.69) is 5.10 Å². The molecule has 2 aromatic carbocycles. The highest BCUT2D eigenvalue weighted by atomic mass is 32.3. The number of sulfonamides is 2. The van der Waals surface area contributed by atoms with Gasteiger partial charge in [0.25, 0.3) is 20.0 Å². The largest absolute Gasteiger partial charge is 0.278 e. The third-order valence-corrected chi connectivity index (χ3v) is 8.40. The molecule has 0 aliphatic heterocycles. The van der Waals surface area contributed by atoms with Gasteiger partial charge >= 0.3 is 0 Å². The third-order valence-electron chi connectivity index (χ3n) is 4.24. The van der Waals surface area contributed by atoms with Gasteiger partial charge < -0.3 is 0 Å². The molecular formula is C19H21N3O4S2. The van der Waals surface area contributed by atoms with Gasteiger partial charge in [-0.2, -0.15) is 21.9 Å². The average molecular weight is 420 g/mol. The SMILES string of the molecule is Cc1ccc(S(=O)(=O)N(c2cc(C)nn2C)S(=O)(=O)c2ccc(C)cc2)cc1. The smallest absolute Gasteiger partial charge is 0.251 e. The van der Waals surface area contributed by atoms with Gasteiger partial charge in [-0.1, -0.05) is 35.4 Å². The van der Waals surface area contributed by atoms with Crippen LogP contribution in [-0.2, 0) is 27.1 Å². The molecule has 0 fully saturated rings. The maximum Gasteiger partial charge on any atom is 0.278 e. The summed E-state index contributed by atoms with van der Waals surface area (Å²) in [6, 6.07) is 13.5. The summed E-state index contributed by atoms with van der Waals surface area (Å²) in [5.74, 6) is -0.0568. The zero-order valence-electron chi connectivity index (χ0n) is 16.0. The Morgan fingerprint density at radius 3 is 1.46 bits per heavy atom. The number of aromatic nitrogens is 2. The molecular weight excluding hydrogens is 398 g/mol. The van der Waals surface area contributed by atoms with E-state index in [1.807, 2.05) is 13.8 Å². The quantitative estimate of drug-likeness (QED) is 0.634. The normalized spacial score (nSPS) is 12.1. The molecule has 0 spiro atoms. The molecule has 28 heavy (non-hydrogen) atoms. The zero-order chi connectivity index (χ0) is 20.7. The summed E-state index contributed by atoms with van der Waals surface area (Å²) in [6.07, 6.45) is 0. The monoisotopic (exact) mass is 419 g/mol. The second-order valence-corrected chi connectivity index (χ2v) is 10.4. The van der Waals surface area contributed by atoms with Crippen LogP contribution >= 0.6 is 0 Å². The predicted octanol–water partition coefficient (Wildman–Crippen LogP) is 2.93. The molecule has 0 amide bonds. The molecule has 148 valence electrons. The number of nitrogens with zero attached hydrogens (tertiary/aromatic N) is 3. The highest BCUT2D eigenvalue weighted by Crippen LogP contribution is 2.31. The van der Waals surface area contributed by atoms with Crippen molar-refractivity contribution >= 4 is 25.9 Å². The minimum absolute atomic E-state index is 0.0568. The summed E-state index contributed by atoms with van der Waals surface area (Å²) in [5, 5.41) is 4.12. The van der Waals surface area contributed by atoms with Crippen LogP contribution in [-0.4, -0.2) is 26.6 Å². The molecule has 0 radical (unpaired) electrons. The molecule has 9 heteroatoms. The minimum atomic E-state index is -4.41. The van der Waals surface area contributed by atoms with Crippen molar-refractivity contribution in [1.82, 2.24) is 9.78 Å². The summed E-state index contributed by atoms with van der Waals surface area (Å²) in [5.41, 5.74) is 2.23. The fraction of sp³-hybridized carbons (Fsp3) is 0.211. The Hall–Kier alpha value is -2.65. The van der Waals surface area contributed by atoms with Crippen molar-refractivity contribution < 1.29 is 16.8 Å². The van der Waals surface area contributed by atoms with Crippen molar-refractivity contribution in [3.05, 3.63) is 71.4 Å². The fourth-order valence-electron chi connectivity index (χ4n) is 2.76. The Bertz CT molecular complexity index is 1140. The van der Waals surface area contributed by atoms with Crippen molar-refractivity contribution in [3.8, 4) is 0 Å². The van der Waals surface area contributed by atoms with E-state index in [0.29, 0.717) is 9.40 Å². The summed E-state index contributed by atoms with van der Waals surface area (Å²) >= 11 is 0. The maximum atomic E-state index is 13.4. The van der Waals surface area contributed by atoms with Gasteiger partial charge in [-0.3, -0.25) is 4.68 Å². The predicted molar refractivity (Wildman–Crippen MR) is 107 cm³/mol. The molecule has 3 rings (SSSR count). The first-order chi connectivity index (χ1) is 13.0. The lowest BCUT2D eigenvalue weighted by Crippen LogP contribution is -2.38. The van der Waals surface area contributed by atoms with Crippen LogP contribution in [0.25, 0.3) is 0 Å². The highest BCUT2D eigenvalue weighted by molar-refractivity contribution is 8.10. The van der Waals surface area contributed by atoms with Gasteiger partial charge in [0.15, 0.2) is 5.82 Å². The third kappa shape index (κ3) is 3.55. The summed E-state index contributed by atoms with van der Waals surface area (Å²) in [4.78, 5) is -0.236. The van der Waals surface area contributed by atoms with E-state index in [9.17, 15) is 16.8 Å². The van der Waals surface area contributed by atoms with Gasteiger partial charge in [-0.15, -0.1) is 3.71 Å². The van der Waals surface area contributed by atoms with Crippen molar-refractivity contribution in [2.45, 2.75) is 30.6 Å². The van der Waals surface area contributed by atoms with E-state index in [4.69, 9.17) is 0 Å². The van der Waals surface area contributed by atoms with Crippen LogP contribution in [0.2, 0.25) is 0 Å². The van der Waals surface area contributed by atoms with E-state index in [-0.39, 0.29) is 15.6 Å². The first-order valence-corrected chi connectivity index (χ1v) is 11.4. The molecule has 3 aromatic rings. The molecule has 1 aromatic heterocycles. The van der Waals surface area contributed by atoms with Gasteiger partial charge in [-0.05, 0) is 45.0 Å². The van der Waals surface area contributed by atoms with Crippen molar-refractivity contribution in [1.29, 1.82) is 0 Å². The average Bonchev–Trinajstić information content (AvgIpc) is 2.93. The van der Waals surface area contributed by atoms with Crippen LogP contribution in [0.5, 0.6) is 0 Å². The molecule has 7 nitrogen and oxygen atoms in total. The van der Waals surface area contributed by atoms with E-state index < -0.39 is 20.0 Å². The van der Waals surface area contributed by atoms with Crippen LogP contribution < -0.4 is 3.71 Å². The Balaban J connectivity index is 2.28. The topological polar surface area (TPSA) is 89.3 Å². The van der Waals surface area contributed by atoms with E-state index >= 15 is 0 Å². The first kappa shape index (κ1) is 20.1. The second kappa shape index (κ2) is 7.06. The standard InChI is InChI=1S/C19H21N3O4S2/c1-14-5-9-17(10-6-14)27(23,24)22(19-13-16(3)20-21(19)4)28(25,26)18-11-7-15(2)8-12-18/h5-13H,1-4H3. The van der Waals surface area contributed by atoms with Crippen molar-refractivity contribution in [3.63, 3.8) is 0 Å². The second-order valence-electron chi connectivity index (χ2n) is 6.60. The van der Waals surface area contributed by atoms with Gasteiger partial charge in [0.2, 0.25) is 0 Å². The van der Waals surface area contributed by atoms with E-state index in [1.54, 1.807) is 31.2 Å². The number of aryl methyl sites for hydroxylation is 4. The van der Waals surface area contributed by atoms with Crippen LogP contribution in [0.4, 0.5) is 5.82 Å². The molecule has 0 bridgehead atoms. The first-order valence-electron chi connectivity index (χ1n) is 8.48. The van der Waals surface area contributed by atoms with Crippen molar-refractivity contribution in [2.24, 2.45) is 7.05 Å². The molecule has 0 saturated carbocycles. The summed E-state index contributed by atoms with van der Waals surface area (Å²) < 4.78 is 55.3. The molecule has 0 atom stereocenters. The Labute approximate surface area is 165 Å². The van der Waals surface area contributed by atoms with Crippen molar-refractivity contribution in [2.75, 3.05) is 3.71 Å². The van der Waals surface area contributed by atoms with Crippen LogP contribution in [0, 0.1) is 20.8 Å². The van der Waals surface area contributed by atoms with Gasteiger partial charge in [0, 0.05) is 13.1 Å². The van der Waals surface area contributed by atoms with Gasteiger partial charge in [0.1, 0.15) is 0 Å². The van der Waals surface area contributed by atoms with Gasteiger partial charge in [-0.25, -0.2) is 0 Å². The molecule has 0 N–H and O–H groups in total. The Morgan fingerprint density at radius 1 is 0.750 bits per heavy atom. The zero-order valence-corrected chi connectivity index (χ0v) is 17.6. The van der Waals surface area contributed by atoms with Crippen LogP contribution in [0.3, 0.4) is 0 Å². The molecule has 1 heterocycles. The Kier molecular flexibility index (Phi) is 5.07. The molecule has 0 aliphatic rings. The van der Waals surface area contributed by atoms with Crippen LogP contribution in [0.1, 0.15) is 16.8 Å². The summed E-state index contributed by atoms with van der Waals surface area (Å²) in [6.45, 7) is 5.31. The number of anilines is 1. The van der Waals surface area contributed by atoms with Gasteiger partial charge in [0.05, 0.1) is 15.5 Å². The molecule has 0 saturated heterocycles. The number of benzene rings is 2. The number of rotatable bonds is 5. The lowest BCUT2D eigenvalue weighted by molar-refractivity contribution is 0.581. The number of hydrogen-bond donors (Lipinski definition) is 0. The number of hydrogen-bond acceptors (Lipinski definition) is 5. The molecule has 0 unspecified atom stereocenters. The fourth-order valence-corrected chi connectivity index (χ4v) is 6.48. The molecule has 0 aliphatic carbocycles. The maximum absolute atomic E-state index is 13.4. The van der Waals surface area contributed by atoms with E-state index in [1.165, 1.54) is 42.1 Å².